The first-order valence-electron chi connectivity index (χ1n) is 11.8. The summed E-state index contributed by atoms with van der Waals surface area (Å²) >= 11 is 1.00. The number of nitrogens with zero attached hydrogens (tertiary/aromatic N) is 3. The van der Waals surface area contributed by atoms with E-state index in [-0.39, 0.29) is 16.1 Å². The van der Waals surface area contributed by atoms with Crippen LogP contribution in [0.15, 0.2) is 59.8 Å². The van der Waals surface area contributed by atoms with E-state index in [1.54, 1.807) is 12.1 Å². The van der Waals surface area contributed by atoms with Crippen LogP contribution in [0, 0.1) is 11.8 Å². The summed E-state index contributed by atoms with van der Waals surface area (Å²) < 4.78 is 38.1. The van der Waals surface area contributed by atoms with Crippen LogP contribution in [0.25, 0.3) is 0 Å². The van der Waals surface area contributed by atoms with Gasteiger partial charge in [-0.3, -0.25) is 9.62 Å². The molecule has 1 saturated heterocycles. The molecule has 0 spiro atoms. The number of hydrogen-bond donors (Lipinski definition) is 1. The van der Waals surface area contributed by atoms with Gasteiger partial charge in [-0.25, -0.2) is 13.4 Å². The zero-order valence-electron chi connectivity index (χ0n) is 19.4. The second-order valence-corrected chi connectivity index (χ2v) is 11.9. The van der Waals surface area contributed by atoms with Crippen LogP contribution in [-0.4, -0.2) is 35.8 Å². The lowest BCUT2D eigenvalue weighted by atomic mass is 9.79. The lowest BCUT2D eigenvalue weighted by Gasteiger charge is -2.46. The number of likely N-dealkylation sites (tertiary alicyclic amines) is 1. The molecule has 0 aliphatic carbocycles. The fraction of sp³-hybridized carbons (Fsp3) is 0.440. The van der Waals surface area contributed by atoms with E-state index < -0.39 is 10.0 Å². The summed E-state index contributed by atoms with van der Waals surface area (Å²) in [5.41, 5.74) is 2.41. The van der Waals surface area contributed by atoms with Gasteiger partial charge in [-0.15, -0.1) is 0 Å². The van der Waals surface area contributed by atoms with Crippen LogP contribution in [0.3, 0.4) is 0 Å². The predicted molar refractivity (Wildman–Crippen MR) is 133 cm³/mol. The molecular formula is C25H30N4O3S2. The van der Waals surface area contributed by atoms with E-state index >= 15 is 0 Å². The summed E-state index contributed by atoms with van der Waals surface area (Å²) in [6, 6.07) is 16.5. The van der Waals surface area contributed by atoms with Gasteiger partial charge < -0.3 is 4.74 Å². The number of nitrogens with one attached hydrogen (secondary N) is 1. The Morgan fingerprint density at radius 3 is 2.68 bits per heavy atom. The fourth-order valence-electron chi connectivity index (χ4n) is 5.25. The Bertz CT molecular complexity index is 1220. The first kappa shape index (κ1) is 23.3. The van der Waals surface area contributed by atoms with Crippen molar-refractivity contribution in [2.24, 2.45) is 11.8 Å². The number of sulfonamides is 1. The van der Waals surface area contributed by atoms with Gasteiger partial charge in [-0.2, -0.15) is 4.37 Å². The second-order valence-electron chi connectivity index (χ2n) is 9.40. The van der Waals surface area contributed by atoms with Gasteiger partial charge in [-0.1, -0.05) is 50.2 Å². The maximum Gasteiger partial charge on any atom is 0.263 e. The van der Waals surface area contributed by atoms with Crippen molar-refractivity contribution in [3.05, 3.63) is 66.0 Å². The molecule has 34 heavy (non-hydrogen) atoms. The van der Waals surface area contributed by atoms with E-state index in [4.69, 9.17) is 4.74 Å². The Morgan fingerprint density at radius 2 is 1.94 bits per heavy atom. The summed E-state index contributed by atoms with van der Waals surface area (Å²) in [6.07, 6.45) is 4.52. The van der Waals surface area contributed by atoms with Gasteiger partial charge in [-0.05, 0) is 42.9 Å². The molecule has 1 fully saturated rings. The van der Waals surface area contributed by atoms with Crippen LogP contribution in [0.2, 0.25) is 0 Å². The number of anilines is 1. The highest BCUT2D eigenvalue weighted by molar-refractivity contribution is 7.93. The zero-order valence-corrected chi connectivity index (χ0v) is 21.1. The van der Waals surface area contributed by atoms with E-state index in [0.29, 0.717) is 30.2 Å². The lowest BCUT2D eigenvalue weighted by Crippen LogP contribution is -2.42. The molecule has 7 nitrogen and oxygen atoms in total. The van der Waals surface area contributed by atoms with Crippen LogP contribution in [0.1, 0.15) is 56.3 Å². The van der Waals surface area contributed by atoms with E-state index in [1.165, 1.54) is 18.3 Å². The summed E-state index contributed by atoms with van der Waals surface area (Å²) in [4.78, 5) is 6.70. The van der Waals surface area contributed by atoms with Crippen LogP contribution in [-0.2, 0) is 10.0 Å². The van der Waals surface area contributed by atoms with Gasteiger partial charge in [0.1, 0.15) is 12.1 Å². The van der Waals surface area contributed by atoms with Crippen molar-refractivity contribution in [1.29, 1.82) is 0 Å². The molecule has 0 amide bonds. The monoisotopic (exact) mass is 498 g/mol. The van der Waals surface area contributed by atoms with Crippen molar-refractivity contribution >= 4 is 26.7 Å². The molecule has 0 bridgehead atoms. The van der Waals surface area contributed by atoms with Crippen molar-refractivity contribution in [3.8, 4) is 5.75 Å². The molecule has 180 valence electrons. The number of benzene rings is 2. The normalized spacial score (nSPS) is 23.3. The molecule has 3 heterocycles. The van der Waals surface area contributed by atoms with Crippen LogP contribution in [0.4, 0.5) is 5.13 Å². The minimum absolute atomic E-state index is 0.167. The maximum atomic E-state index is 12.9. The SMILES string of the molecule is CC(C)C1CCN([C@H]2CCOc3cc(S(=O)(=O)Nc4ncns4)ccc32)[C@H](c2ccccc2)C1. The van der Waals surface area contributed by atoms with Crippen molar-refractivity contribution < 1.29 is 13.2 Å². The number of hydrogen-bond acceptors (Lipinski definition) is 7. The Labute approximate surface area is 205 Å². The lowest BCUT2D eigenvalue weighted by molar-refractivity contribution is 0.0346. The smallest absolute Gasteiger partial charge is 0.263 e. The zero-order chi connectivity index (χ0) is 23.7. The summed E-state index contributed by atoms with van der Waals surface area (Å²) in [7, 11) is -3.77. The fourth-order valence-corrected chi connectivity index (χ4v) is 6.92. The van der Waals surface area contributed by atoms with Gasteiger partial charge in [0, 0.05) is 41.7 Å². The highest BCUT2D eigenvalue weighted by atomic mass is 32.2. The average molecular weight is 499 g/mol. The number of rotatable bonds is 6. The molecule has 2 aliphatic heterocycles. The van der Waals surface area contributed by atoms with Crippen LogP contribution in [0.5, 0.6) is 5.75 Å². The number of piperidine rings is 1. The third kappa shape index (κ3) is 4.69. The average Bonchev–Trinajstić information content (AvgIpc) is 3.36. The van der Waals surface area contributed by atoms with E-state index in [1.807, 2.05) is 6.07 Å². The standard InChI is InChI=1S/C25H30N4O3S2/c1-17(2)19-10-12-29(23(14-19)18-6-4-3-5-7-18)22-11-13-32-24-15-20(8-9-21(22)24)34(30,31)28-25-26-16-27-33-25/h3-9,15-17,19,22-23H,10-14H2,1-2H3,(H,26,27,28)/t19?,22-,23-/m0/s1. The van der Waals surface area contributed by atoms with Gasteiger partial charge in [0.25, 0.3) is 10.0 Å². The van der Waals surface area contributed by atoms with Crippen molar-refractivity contribution in [1.82, 2.24) is 14.3 Å². The highest BCUT2D eigenvalue weighted by Gasteiger charge is 2.38. The topological polar surface area (TPSA) is 84.4 Å². The first-order chi connectivity index (χ1) is 16.4. The summed E-state index contributed by atoms with van der Waals surface area (Å²) in [5, 5.41) is 0.246. The molecule has 1 aromatic heterocycles. The molecule has 9 heteroatoms. The number of ether oxygens (including phenoxy) is 1. The molecule has 1 N–H and O–H groups in total. The van der Waals surface area contributed by atoms with Gasteiger partial charge >= 0.3 is 0 Å². The van der Waals surface area contributed by atoms with Crippen molar-refractivity contribution in [3.63, 3.8) is 0 Å². The Morgan fingerprint density at radius 1 is 1.12 bits per heavy atom. The number of fused-ring (bicyclic) bond motifs is 1. The Hall–Kier alpha value is -2.49. The molecule has 2 aliphatic rings. The number of aromatic nitrogens is 2. The van der Waals surface area contributed by atoms with Crippen LogP contribution < -0.4 is 9.46 Å². The third-order valence-corrected chi connectivity index (χ3v) is 9.14. The first-order valence-corrected chi connectivity index (χ1v) is 14.0. The van der Waals surface area contributed by atoms with Gasteiger partial charge in [0.2, 0.25) is 5.13 Å². The summed E-state index contributed by atoms with van der Waals surface area (Å²) in [5.74, 6) is 2.00. The summed E-state index contributed by atoms with van der Waals surface area (Å²) in [6.45, 7) is 6.23. The molecular weight excluding hydrogens is 468 g/mol. The highest BCUT2D eigenvalue weighted by Crippen LogP contribution is 2.46. The minimum Gasteiger partial charge on any atom is -0.493 e. The van der Waals surface area contributed by atoms with E-state index in [9.17, 15) is 8.42 Å². The van der Waals surface area contributed by atoms with Crippen LogP contribution >= 0.6 is 11.5 Å². The van der Waals surface area contributed by atoms with Gasteiger partial charge in [0.15, 0.2) is 0 Å². The maximum absolute atomic E-state index is 12.9. The molecule has 0 radical (unpaired) electrons. The minimum atomic E-state index is -3.77. The molecule has 5 rings (SSSR count). The Kier molecular flexibility index (Phi) is 6.59. The third-order valence-electron chi connectivity index (χ3n) is 7.10. The predicted octanol–water partition coefficient (Wildman–Crippen LogP) is 5.27. The van der Waals surface area contributed by atoms with E-state index in [2.05, 4.69) is 63.2 Å². The van der Waals surface area contributed by atoms with Crippen molar-refractivity contribution in [2.75, 3.05) is 17.9 Å². The Balaban J connectivity index is 1.45. The quantitative estimate of drug-likeness (QED) is 0.498. The molecule has 0 saturated carbocycles. The molecule has 3 atom stereocenters. The molecule has 3 aromatic rings. The second kappa shape index (κ2) is 9.64. The largest absolute Gasteiger partial charge is 0.493 e. The van der Waals surface area contributed by atoms with E-state index in [0.717, 1.165) is 36.5 Å². The molecule has 1 unspecified atom stereocenters. The molecule has 2 aromatic carbocycles. The van der Waals surface area contributed by atoms with Crippen molar-refractivity contribution in [2.45, 2.75) is 50.1 Å². The van der Waals surface area contributed by atoms with Gasteiger partial charge in [0.05, 0.1) is 11.5 Å².